The number of benzene rings is 2. The Labute approximate surface area is 168 Å². The SMILES string of the molecule is COc1ccc2c(CC(=O)[O-])c(C(C)(C)C)n(C(=O)c3ccc(Cl)cc3)c2c1. The first-order chi connectivity index (χ1) is 13.1. The first-order valence-electron chi connectivity index (χ1n) is 8.85. The van der Waals surface area contributed by atoms with Crippen molar-refractivity contribution in [3.8, 4) is 5.75 Å². The fourth-order valence-electron chi connectivity index (χ4n) is 3.51. The average Bonchev–Trinajstić information content (AvgIpc) is 2.94. The third-order valence-electron chi connectivity index (χ3n) is 4.61. The van der Waals surface area contributed by atoms with Gasteiger partial charge >= 0.3 is 0 Å². The number of carbonyl (C=O) groups is 2. The fraction of sp³-hybridized carbons (Fsp3) is 0.273. The normalized spacial score (nSPS) is 11.6. The van der Waals surface area contributed by atoms with Crippen molar-refractivity contribution in [2.45, 2.75) is 32.6 Å². The second kappa shape index (κ2) is 7.32. The highest BCUT2D eigenvalue weighted by atomic mass is 35.5. The lowest BCUT2D eigenvalue weighted by atomic mass is 9.87. The molecule has 28 heavy (non-hydrogen) atoms. The van der Waals surface area contributed by atoms with E-state index < -0.39 is 11.4 Å². The van der Waals surface area contributed by atoms with Crippen LogP contribution in [0.25, 0.3) is 10.9 Å². The molecule has 0 aliphatic rings. The number of methoxy groups -OCH3 is 1. The van der Waals surface area contributed by atoms with E-state index in [9.17, 15) is 14.7 Å². The van der Waals surface area contributed by atoms with Crippen molar-refractivity contribution in [1.29, 1.82) is 0 Å². The first kappa shape index (κ1) is 20.0. The van der Waals surface area contributed by atoms with E-state index in [1.807, 2.05) is 20.8 Å². The van der Waals surface area contributed by atoms with Gasteiger partial charge in [-0.05, 0) is 42.0 Å². The summed E-state index contributed by atoms with van der Waals surface area (Å²) in [7, 11) is 1.54. The Hall–Kier alpha value is -2.79. The molecule has 146 valence electrons. The molecule has 0 spiro atoms. The molecule has 1 aromatic heterocycles. The van der Waals surface area contributed by atoms with Crippen LogP contribution in [-0.4, -0.2) is 23.6 Å². The zero-order chi connectivity index (χ0) is 20.6. The van der Waals surface area contributed by atoms with Crippen molar-refractivity contribution in [2.24, 2.45) is 0 Å². The largest absolute Gasteiger partial charge is 0.550 e. The van der Waals surface area contributed by atoms with Crippen LogP contribution in [0.1, 0.15) is 42.4 Å². The third kappa shape index (κ3) is 3.62. The van der Waals surface area contributed by atoms with Crippen LogP contribution in [0.15, 0.2) is 42.5 Å². The molecule has 0 radical (unpaired) electrons. The van der Waals surface area contributed by atoms with E-state index in [0.717, 1.165) is 0 Å². The van der Waals surface area contributed by atoms with Gasteiger partial charge in [0.2, 0.25) is 0 Å². The van der Waals surface area contributed by atoms with Crippen molar-refractivity contribution in [1.82, 2.24) is 4.57 Å². The quantitative estimate of drug-likeness (QED) is 0.673. The topological polar surface area (TPSA) is 71.4 Å². The summed E-state index contributed by atoms with van der Waals surface area (Å²) >= 11 is 5.96. The van der Waals surface area contributed by atoms with E-state index in [1.165, 1.54) is 0 Å². The zero-order valence-electron chi connectivity index (χ0n) is 16.2. The van der Waals surface area contributed by atoms with Gasteiger partial charge in [-0.25, -0.2) is 0 Å². The number of aliphatic carboxylic acids is 1. The van der Waals surface area contributed by atoms with Gasteiger partial charge in [-0.1, -0.05) is 32.4 Å². The third-order valence-corrected chi connectivity index (χ3v) is 4.86. The molecule has 3 rings (SSSR count). The molecule has 0 bridgehead atoms. The summed E-state index contributed by atoms with van der Waals surface area (Å²) in [6, 6.07) is 11.9. The predicted octanol–water partition coefficient (Wildman–Crippen LogP) is 3.58. The minimum Gasteiger partial charge on any atom is -0.550 e. The number of nitrogens with zero attached hydrogens (tertiary/aromatic N) is 1. The van der Waals surface area contributed by atoms with Gasteiger partial charge in [0.05, 0.1) is 12.6 Å². The highest BCUT2D eigenvalue weighted by molar-refractivity contribution is 6.30. The van der Waals surface area contributed by atoms with Gasteiger partial charge in [-0.2, -0.15) is 0 Å². The van der Waals surface area contributed by atoms with Crippen LogP contribution in [0.4, 0.5) is 0 Å². The number of carboxylic acids is 1. The van der Waals surface area contributed by atoms with Crippen molar-refractivity contribution in [3.05, 3.63) is 64.3 Å². The van der Waals surface area contributed by atoms with Gasteiger partial charge < -0.3 is 14.6 Å². The van der Waals surface area contributed by atoms with Crippen LogP contribution in [0.3, 0.4) is 0 Å². The first-order valence-corrected chi connectivity index (χ1v) is 9.23. The summed E-state index contributed by atoms with van der Waals surface area (Å²) in [5.41, 5.74) is 1.78. The number of fused-ring (bicyclic) bond motifs is 1. The molecule has 0 aliphatic carbocycles. The van der Waals surface area contributed by atoms with Crippen LogP contribution >= 0.6 is 11.6 Å². The van der Waals surface area contributed by atoms with Gasteiger partial charge in [0.15, 0.2) is 0 Å². The maximum atomic E-state index is 13.5. The van der Waals surface area contributed by atoms with Crippen LogP contribution < -0.4 is 9.84 Å². The summed E-state index contributed by atoms with van der Waals surface area (Å²) in [4.78, 5) is 24.9. The molecule has 2 aromatic carbocycles. The summed E-state index contributed by atoms with van der Waals surface area (Å²) in [5, 5.41) is 12.7. The van der Waals surface area contributed by atoms with Gasteiger partial charge in [0.25, 0.3) is 5.91 Å². The lowest BCUT2D eigenvalue weighted by Crippen LogP contribution is -2.28. The van der Waals surface area contributed by atoms with E-state index in [2.05, 4.69) is 0 Å². The predicted molar refractivity (Wildman–Crippen MR) is 107 cm³/mol. The Bertz CT molecular complexity index is 1060. The summed E-state index contributed by atoms with van der Waals surface area (Å²) in [5.74, 6) is -0.876. The Morgan fingerprint density at radius 3 is 2.29 bits per heavy atom. The standard InChI is InChI=1S/C22H22ClNO4/c1-22(2,3)20-17(12-19(25)26)16-10-9-15(28-4)11-18(16)24(20)21(27)13-5-7-14(23)8-6-13/h5-11H,12H2,1-4H3,(H,25,26)/p-1. The zero-order valence-corrected chi connectivity index (χ0v) is 17.0. The van der Waals surface area contributed by atoms with E-state index in [1.54, 1.807) is 54.1 Å². The second-order valence-electron chi connectivity index (χ2n) is 7.66. The van der Waals surface area contributed by atoms with E-state index in [4.69, 9.17) is 16.3 Å². The Morgan fingerprint density at radius 1 is 1.11 bits per heavy atom. The molecule has 0 fully saturated rings. The van der Waals surface area contributed by atoms with Crippen molar-refractivity contribution < 1.29 is 19.4 Å². The van der Waals surface area contributed by atoms with Gasteiger partial charge in [0, 0.05) is 45.5 Å². The lowest BCUT2D eigenvalue weighted by molar-refractivity contribution is -0.304. The number of halogens is 1. The number of carbonyl (C=O) groups excluding carboxylic acids is 2. The molecule has 0 saturated carbocycles. The van der Waals surface area contributed by atoms with Crippen LogP contribution in [-0.2, 0) is 16.6 Å². The maximum absolute atomic E-state index is 13.5. The molecule has 0 amide bonds. The molecule has 6 heteroatoms. The molecule has 0 N–H and O–H groups in total. The summed E-state index contributed by atoms with van der Waals surface area (Å²) in [6.07, 6.45) is -0.281. The minimum atomic E-state index is -1.20. The Kier molecular flexibility index (Phi) is 5.22. The number of rotatable bonds is 4. The Balaban J connectivity index is 2.39. The second-order valence-corrected chi connectivity index (χ2v) is 8.09. The average molecular weight is 399 g/mol. The number of aromatic nitrogens is 1. The lowest BCUT2D eigenvalue weighted by Gasteiger charge is -2.24. The molecule has 0 unspecified atom stereocenters. The minimum absolute atomic E-state index is 0.260. The number of hydrogen-bond donors (Lipinski definition) is 0. The smallest absolute Gasteiger partial charge is 0.262 e. The monoisotopic (exact) mass is 398 g/mol. The molecular weight excluding hydrogens is 378 g/mol. The highest BCUT2D eigenvalue weighted by Gasteiger charge is 2.30. The fourth-order valence-corrected chi connectivity index (χ4v) is 3.63. The van der Waals surface area contributed by atoms with Gasteiger partial charge in [-0.3, -0.25) is 9.36 Å². The molecule has 0 atom stereocenters. The summed E-state index contributed by atoms with van der Waals surface area (Å²) in [6.45, 7) is 5.84. The van der Waals surface area contributed by atoms with Crippen LogP contribution in [0.2, 0.25) is 5.02 Å². The van der Waals surface area contributed by atoms with Gasteiger partial charge in [0.1, 0.15) is 5.75 Å². The van der Waals surface area contributed by atoms with Crippen molar-refractivity contribution in [3.63, 3.8) is 0 Å². The van der Waals surface area contributed by atoms with Crippen LogP contribution in [0.5, 0.6) is 5.75 Å². The van der Waals surface area contributed by atoms with Crippen LogP contribution in [0, 0.1) is 0 Å². The number of carboxylic acid groups (broad SMARTS) is 1. The molecule has 5 nitrogen and oxygen atoms in total. The van der Waals surface area contributed by atoms with Crippen molar-refractivity contribution in [2.75, 3.05) is 7.11 Å². The molecule has 3 aromatic rings. The Morgan fingerprint density at radius 2 is 1.75 bits per heavy atom. The highest BCUT2D eigenvalue weighted by Crippen LogP contribution is 2.37. The van der Waals surface area contributed by atoms with E-state index in [-0.39, 0.29) is 12.3 Å². The maximum Gasteiger partial charge on any atom is 0.262 e. The van der Waals surface area contributed by atoms with Crippen molar-refractivity contribution >= 4 is 34.4 Å². The molecule has 0 aliphatic heterocycles. The van der Waals surface area contributed by atoms with E-state index in [0.29, 0.717) is 38.5 Å². The molecule has 1 heterocycles. The van der Waals surface area contributed by atoms with E-state index >= 15 is 0 Å². The summed E-state index contributed by atoms with van der Waals surface area (Å²) < 4.78 is 6.91. The number of hydrogen-bond acceptors (Lipinski definition) is 4. The van der Waals surface area contributed by atoms with Gasteiger partial charge in [-0.15, -0.1) is 0 Å². The number of ether oxygens (including phenoxy) is 1. The molecular formula is C22H21ClNO4-. The molecule has 0 saturated heterocycles.